The van der Waals surface area contributed by atoms with Crippen LogP contribution in [0, 0.1) is 0 Å². The van der Waals surface area contributed by atoms with Crippen LogP contribution >= 0.6 is 0 Å². The Labute approximate surface area is 80.5 Å². The van der Waals surface area contributed by atoms with Crippen LogP contribution in [0.3, 0.4) is 0 Å². The molecule has 1 aromatic rings. The molecule has 0 saturated heterocycles. The van der Waals surface area contributed by atoms with Gasteiger partial charge in [-0.25, -0.2) is 0 Å². The summed E-state index contributed by atoms with van der Waals surface area (Å²) in [5.74, 6) is 0.247. The maximum absolute atomic E-state index is 12.3. The Morgan fingerprint density at radius 2 is 1.79 bits per heavy atom. The maximum Gasteiger partial charge on any atom is 0.425 e. The molecule has 78 valence electrons. The molecule has 1 rings (SSSR count). The van der Waals surface area contributed by atoms with Crippen molar-refractivity contribution in [3.8, 4) is 5.75 Å². The first-order valence-corrected chi connectivity index (χ1v) is 4.32. The van der Waals surface area contributed by atoms with Crippen LogP contribution in [0.2, 0.25) is 0 Å². The molecule has 0 radical (unpaired) electrons. The van der Waals surface area contributed by atoms with Crippen molar-refractivity contribution in [1.29, 1.82) is 0 Å². The number of benzene rings is 1. The molecule has 0 bridgehead atoms. The first kappa shape index (κ1) is 10.9. The molecular formula is C10H11F3O. The number of rotatable bonds is 3. The Hall–Kier alpha value is -1.19. The van der Waals surface area contributed by atoms with E-state index < -0.39 is 12.3 Å². The van der Waals surface area contributed by atoms with Crippen molar-refractivity contribution in [2.75, 3.05) is 0 Å². The van der Waals surface area contributed by atoms with Gasteiger partial charge in [0.15, 0.2) is 6.10 Å². The monoisotopic (exact) mass is 204 g/mol. The summed E-state index contributed by atoms with van der Waals surface area (Å²) in [6.07, 6.45) is -6.10. The van der Waals surface area contributed by atoms with Crippen molar-refractivity contribution < 1.29 is 17.9 Å². The molecule has 14 heavy (non-hydrogen) atoms. The van der Waals surface area contributed by atoms with E-state index in [0.29, 0.717) is 0 Å². The van der Waals surface area contributed by atoms with Gasteiger partial charge in [0.25, 0.3) is 0 Å². The van der Waals surface area contributed by atoms with E-state index in [1.165, 1.54) is 19.1 Å². The zero-order valence-corrected chi connectivity index (χ0v) is 7.71. The Balaban J connectivity index is 2.67. The average Bonchev–Trinajstić information content (AvgIpc) is 2.14. The summed E-state index contributed by atoms with van der Waals surface area (Å²) in [6, 6.07) is 8.01. The highest BCUT2D eigenvalue weighted by atomic mass is 19.4. The lowest BCUT2D eigenvalue weighted by atomic mass is 10.2. The van der Waals surface area contributed by atoms with Gasteiger partial charge in [0.05, 0.1) is 0 Å². The smallest absolute Gasteiger partial charge is 0.425 e. The third-order valence-electron chi connectivity index (χ3n) is 1.76. The van der Waals surface area contributed by atoms with Crippen LogP contribution in [-0.4, -0.2) is 12.3 Å². The van der Waals surface area contributed by atoms with Gasteiger partial charge in [-0.2, -0.15) is 13.2 Å². The Kier molecular flexibility index (Phi) is 3.38. The lowest BCUT2D eigenvalue weighted by Crippen LogP contribution is -2.33. The van der Waals surface area contributed by atoms with E-state index in [1.807, 2.05) is 0 Å². The van der Waals surface area contributed by atoms with Gasteiger partial charge in [-0.3, -0.25) is 0 Å². The van der Waals surface area contributed by atoms with Crippen LogP contribution in [0.5, 0.6) is 5.75 Å². The van der Waals surface area contributed by atoms with E-state index >= 15 is 0 Å². The van der Waals surface area contributed by atoms with Gasteiger partial charge in [0, 0.05) is 0 Å². The summed E-state index contributed by atoms with van der Waals surface area (Å²) in [6.45, 7) is 1.45. The molecule has 1 unspecified atom stereocenters. The molecular weight excluding hydrogens is 193 g/mol. The number of hydrogen-bond acceptors (Lipinski definition) is 1. The second-order valence-corrected chi connectivity index (χ2v) is 2.87. The van der Waals surface area contributed by atoms with E-state index in [4.69, 9.17) is 4.74 Å². The van der Waals surface area contributed by atoms with Gasteiger partial charge in [-0.1, -0.05) is 25.1 Å². The molecule has 0 spiro atoms. The van der Waals surface area contributed by atoms with Crippen LogP contribution < -0.4 is 4.74 Å². The largest absolute Gasteiger partial charge is 0.481 e. The fourth-order valence-corrected chi connectivity index (χ4v) is 1.04. The zero-order chi connectivity index (χ0) is 10.6. The molecule has 0 aromatic heterocycles. The van der Waals surface area contributed by atoms with Crippen molar-refractivity contribution in [3.63, 3.8) is 0 Å². The van der Waals surface area contributed by atoms with E-state index in [0.717, 1.165) is 0 Å². The van der Waals surface area contributed by atoms with E-state index in [9.17, 15) is 13.2 Å². The number of alkyl halides is 3. The van der Waals surface area contributed by atoms with E-state index in [1.54, 1.807) is 18.2 Å². The van der Waals surface area contributed by atoms with E-state index in [2.05, 4.69) is 0 Å². The predicted molar refractivity (Wildman–Crippen MR) is 47.2 cm³/mol. The van der Waals surface area contributed by atoms with Crippen LogP contribution in [0.1, 0.15) is 13.3 Å². The fourth-order valence-electron chi connectivity index (χ4n) is 1.04. The minimum absolute atomic E-state index is 0.0849. The van der Waals surface area contributed by atoms with E-state index in [-0.39, 0.29) is 12.2 Å². The molecule has 1 nitrogen and oxygen atoms in total. The van der Waals surface area contributed by atoms with Gasteiger partial charge in [-0.15, -0.1) is 0 Å². The molecule has 0 fully saturated rings. The highest BCUT2D eigenvalue weighted by Gasteiger charge is 2.40. The SMILES string of the molecule is CCC(Oc1ccccc1)C(F)(F)F. The second kappa shape index (κ2) is 4.35. The van der Waals surface area contributed by atoms with Crippen molar-refractivity contribution in [2.24, 2.45) is 0 Å². The third-order valence-corrected chi connectivity index (χ3v) is 1.76. The molecule has 4 heteroatoms. The summed E-state index contributed by atoms with van der Waals surface area (Å²) in [4.78, 5) is 0. The van der Waals surface area contributed by atoms with Gasteiger partial charge < -0.3 is 4.74 Å². The first-order chi connectivity index (χ1) is 6.54. The summed E-state index contributed by atoms with van der Waals surface area (Å²) in [7, 11) is 0. The van der Waals surface area contributed by atoms with Gasteiger partial charge in [-0.05, 0) is 18.6 Å². The maximum atomic E-state index is 12.3. The Bertz CT molecular complexity index is 268. The number of halogens is 3. The lowest BCUT2D eigenvalue weighted by molar-refractivity contribution is -0.195. The standard InChI is InChI=1S/C10H11F3O/c1-2-9(10(11,12)13)14-8-6-4-3-5-7-8/h3-7,9H,2H2,1H3. The summed E-state index contributed by atoms with van der Waals surface area (Å²) in [5.41, 5.74) is 0. The highest BCUT2D eigenvalue weighted by molar-refractivity contribution is 5.21. The van der Waals surface area contributed by atoms with Gasteiger partial charge in [0.1, 0.15) is 5.75 Å². The first-order valence-electron chi connectivity index (χ1n) is 4.32. The fraction of sp³-hybridized carbons (Fsp3) is 0.400. The molecule has 0 heterocycles. The van der Waals surface area contributed by atoms with Crippen LogP contribution in [0.15, 0.2) is 30.3 Å². The Morgan fingerprint density at radius 3 is 2.21 bits per heavy atom. The molecule has 0 aliphatic heterocycles. The molecule has 1 aromatic carbocycles. The quantitative estimate of drug-likeness (QED) is 0.733. The summed E-state index contributed by atoms with van der Waals surface area (Å²) >= 11 is 0. The van der Waals surface area contributed by atoms with Crippen LogP contribution in [0.4, 0.5) is 13.2 Å². The Morgan fingerprint density at radius 1 is 1.21 bits per heavy atom. The zero-order valence-electron chi connectivity index (χ0n) is 7.71. The number of hydrogen-bond donors (Lipinski definition) is 0. The highest BCUT2D eigenvalue weighted by Crippen LogP contribution is 2.26. The topological polar surface area (TPSA) is 9.23 Å². The average molecular weight is 204 g/mol. The van der Waals surface area contributed by atoms with Gasteiger partial charge in [0.2, 0.25) is 0 Å². The lowest BCUT2D eigenvalue weighted by Gasteiger charge is -2.20. The van der Waals surface area contributed by atoms with Crippen molar-refractivity contribution >= 4 is 0 Å². The van der Waals surface area contributed by atoms with Crippen LogP contribution in [0.25, 0.3) is 0 Å². The normalized spacial score (nSPS) is 13.7. The summed E-state index contributed by atoms with van der Waals surface area (Å²) in [5, 5.41) is 0. The minimum Gasteiger partial charge on any atom is -0.481 e. The molecule has 0 N–H and O–H groups in total. The van der Waals surface area contributed by atoms with Crippen molar-refractivity contribution in [2.45, 2.75) is 25.6 Å². The molecule has 1 atom stereocenters. The van der Waals surface area contributed by atoms with Gasteiger partial charge >= 0.3 is 6.18 Å². The molecule has 0 saturated carbocycles. The predicted octanol–water partition coefficient (Wildman–Crippen LogP) is 3.41. The van der Waals surface area contributed by atoms with Crippen molar-refractivity contribution in [1.82, 2.24) is 0 Å². The minimum atomic E-state index is -4.30. The third kappa shape index (κ3) is 2.94. The van der Waals surface area contributed by atoms with Crippen LogP contribution in [-0.2, 0) is 0 Å². The number of ether oxygens (including phenoxy) is 1. The molecule has 0 amide bonds. The molecule has 0 aliphatic rings. The van der Waals surface area contributed by atoms with Crippen molar-refractivity contribution in [3.05, 3.63) is 30.3 Å². The molecule has 0 aliphatic carbocycles. The second-order valence-electron chi connectivity index (χ2n) is 2.87. The summed E-state index contributed by atoms with van der Waals surface area (Å²) < 4.78 is 41.6. The number of para-hydroxylation sites is 1.